The summed E-state index contributed by atoms with van der Waals surface area (Å²) in [5.74, 6) is 0. The van der Waals surface area contributed by atoms with Gasteiger partial charge in [0, 0.05) is 38.3 Å². The largest absolute Gasteiger partial charge is 0.309 e. The summed E-state index contributed by atoms with van der Waals surface area (Å²) in [4.78, 5) is 5.85. The second-order valence-electron chi connectivity index (χ2n) is 4.43. The Kier molecular flexibility index (Phi) is 4.28. The van der Waals surface area contributed by atoms with Gasteiger partial charge < -0.3 is 5.32 Å². The molecule has 0 fully saturated rings. The van der Waals surface area contributed by atoms with E-state index >= 15 is 0 Å². The number of thiazole rings is 1. The summed E-state index contributed by atoms with van der Waals surface area (Å²) >= 11 is 5.48. The molecule has 0 aliphatic carbocycles. The molecule has 3 aromatic heterocycles. The first-order valence-corrected chi connectivity index (χ1v) is 9.03. The van der Waals surface area contributed by atoms with E-state index in [1.165, 1.54) is 19.3 Å². The van der Waals surface area contributed by atoms with Crippen molar-refractivity contribution in [3.63, 3.8) is 0 Å². The Morgan fingerprint density at radius 1 is 1.26 bits per heavy atom. The van der Waals surface area contributed by atoms with Crippen LogP contribution in [0.3, 0.4) is 0 Å². The van der Waals surface area contributed by atoms with Gasteiger partial charge in [-0.05, 0) is 30.5 Å². The lowest BCUT2D eigenvalue weighted by Crippen LogP contribution is -2.23. The standard InChI is InChI=1S/C14H16N2S3/c1-2-4-15-10(8-14-16-5-7-18-14)12-9-13-11(19-12)3-6-17-13/h3,5-7,9-10,15H,2,4,8H2,1H3. The topological polar surface area (TPSA) is 24.9 Å². The second-order valence-corrected chi connectivity index (χ2v) is 7.48. The van der Waals surface area contributed by atoms with Gasteiger partial charge in [0.25, 0.3) is 0 Å². The average molecular weight is 308 g/mol. The van der Waals surface area contributed by atoms with Gasteiger partial charge in [-0.2, -0.15) is 0 Å². The highest BCUT2D eigenvalue weighted by molar-refractivity contribution is 7.27. The SMILES string of the molecule is CCCNC(Cc1nccs1)c1cc2sccc2s1. The lowest BCUT2D eigenvalue weighted by molar-refractivity contribution is 0.536. The summed E-state index contributed by atoms with van der Waals surface area (Å²) in [5.41, 5.74) is 0. The van der Waals surface area contributed by atoms with E-state index in [1.807, 2.05) is 28.9 Å². The summed E-state index contributed by atoms with van der Waals surface area (Å²) in [5, 5.41) is 9.09. The minimum atomic E-state index is 0.399. The van der Waals surface area contributed by atoms with Gasteiger partial charge >= 0.3 is 0 Å². The number of hydrogen-bond donors (Lipinski definition) is 1. The van der Waals surface area contributed by atoms with E-state index in [9.17, 15) is 0 Å². The van der Waals surface area contributed by atoms with Gasteiger partial charge in [-0.3, -0.25) is 0 Å². The molecule has 3 rings (SSSR count). The minimum absolute atomic E-state index is 0.399. The Morgan fingerprint density at radius 2 is 2.21 bits per heavy atom. The molecule has 2 nitrogen and oxygen atoms in total. The highest BCUT2D eigenvalue weighted by atomic mass is 32.1. The summed E-state index contributed by atoms with van der Waals surface area (Å²) in [7, 11) is 0. The fraction of sp³-hybridized carbons (Fsp3) is 0.357. The molecule has 3 heterocycles. The van der Waals surface area contributed by atoms with Gasteiger partial charge in [-0.15, -0.1) is 34.0 Å². The van der Waals surface area contributed by atoms with Crippen molar-refractivity contribution in [2.45, 2.75) is 25.8 Å². The van der Waals surface area contributed by atoms with E-state index < -0.39 is 0 Å². The van der Waals surface area contributed by atoms with Crippen LogP contribution in [0.1, 0.15) is 29.3 Å². The van der Waals surface area contributed by atoms with Gasteiger partial charge in [0.15, 0.2) is 0 Å². The van der Waals surface area contributed by atoms with Gasteiger partial charge in [-0.25, -0.2) is 4.98 Å². The Morgan fingerprint density at radius 3 is 2.95 bits per heavy atom. The molecule has 0 aromatic carbocycles. The predicted molar refractivity (Wildman–Crippen MR) is 86.6 cm³/mol. The van der Waals surface area contributed by atoms with Crippen molar-refractivity contribution in [3.8, 4) is 0 Å². The average Bonchev–Trinajstić information content (AvgIpc) is 3.09. The first-order chi connectivity index (χ1) is 9.36. The van der Waals surface area contributed by atoms with E-state index in [1.54, 1.807) is 11.3 Å². The Labute approximate surface area is 125 Å². The fourth-order valence-corrected chi connectivity index (χ4v) is 4.94. The molecule has 0 aliphatic heterocycles. The molecule has 0 saturated heterocycles. The smallest absolute Gasteiger partial charge is 0.0944 e. The van der Waals surface area contributed by atoms with Gasteiger partial charge in [0.2, 0.25) is 0 Å². The molecular weight excluding hydrogens is 292 g/mol. The highest BCUT2D eigenvalue weighted by Crippen LogP contribution is 2.34. The van der Waals surface area contributed by atoms with Gasteiger partial charge in [0.1, 0.15) is 0 Å². The molecular formula is C14H16N2S3. The number of hydrogen-bond acceptors (Lipinski definition) is 5. The van der Waals surface area contributed by atoms with Crippen molar-refractivity contribution in [3.05, 3.63) is 39.0 Å². The minimum Gasteiger partial charge on any atom is -0.309 e. The Bertz CT molecular complexity index is 596. The zero-order valence-electron chi connectivity index (χ0n) is 10.8. The molecule has 19 heavy (non-hydrogen) atoms. The van der Waals surface area contributed by atoms with Crippen molar-refractivity contribution in [2.24, 2.45) is 0 Å². The zero-order chi connectivity index (χ0) is 13.1. The van der Waals surface area contributed by atoms with Crippen LogP contribution in [0.4, 0.5) is 0 Å². The number of aromatic nitrogens is 1. The quantitative estimate of drug-likeness (QED) is 0.714. The van der Waals surface area contributed by atoms with Crippen LogP contribution in [0.15, 0.2) is 29.1 Å². The molecule has 5 heteroatoms. The van der Waals surface area contributed by atoms with Crippen LogP contribution >= 0.6 is 34.0 Å². The van der Waals surface area contributed by atoms with Crippen molar-refractivity contribution >= 4 is 43.4 Å². The lowest BCUT2D eigenvalue weighted by atomic mass is 10.1. The number of nitrogens with one attached hydrogen (secondary N) is 1. The normalized spacial score (nSPS) is 13.1. The van der Waals surface area contributed by atoms with Crippen molar-refractivity contribution < 1.29 is 0 Å². The number of fused-ring (bicyclic) bond motifs is 1. The predicted octanol–water partition coefficient (Wildman–Crippen LogP) is 4.70. The fourth-order valence-electron chi connectivity index (χ4n) is 2.08. The molecule has 0 bridgehead atoms. The molecule has 3 aromatic rings. The van der Waals surface area contributed by atoms with Gasteiger partial charge in [-0.1, -0.05) is 6.92 Å². The van der Waals surface area contributed by atoms with Crippen LogP contribution < -0.4 is 5.32 Å². The molecule has 0 amide bonds. The maximum Gasteiger partial charge on any atom is 0.0944 e. The molecule has 0 saturated carbocycles. The Balaban J connectivity index is 1.83. The first kappa shape index (κ1) is 13.2. The molecule has 1 unspecified atom stereocenters. The maximum atomic E-state index is 4.42. The summed E-state index contributed by atoms with van der Waals surface area (Å²) in [6, 6.07) is 4.95. The number of rotatable bonds is 6. The van der Waals surface area contributed by atoms with Gasteiger partial charge in [0.05, 0.1) is 5.01 Å². The van der Waals surface area contributed by atoms with E-state index in [0.717, 1.165) is 19.4 Å². The molecule has 1 N–H and O–H groups in total. The summed E-state index contributed by atoms with van der Waals surface area (Å²) < 4.78 is 2.81. The third-order valence-electron chi connectivity index (χ3n) is 3.00. The van der Waals surface area contributed by atoms with Crippen LogP contribution in [0.25, 0.3) is 9.40 Å². The van der Waals surface area contributed by atoms with E-state index in [2.05, 4.69) is 40.1 Å². The van der Waals surface area contributed by atoms with Crippen LogP contribution in [-0.2, 0) is 6.42 Å². The van der Waals surface area contributed by atoms with Crippen LogP contribution in [0.2, 0.25) is 0 Å². The maximum absolute atomic E-state index is 4.42. The van der Waals surface area contributed by atoms with Crippen molar-refractivity contribution in [1.82, 2.24) is 10.3 Å². The zero-order valence-corrected chi connectivity index (χ0v) is 13.2. The molecule has 0 spiro atoms. The van der Waals surface area contributed by atoms with Crippen molar-refractivity contribution in [1.29, 1.82) is 0 Å². The second kappa shape index (κ2) is 6.13. The van der Waals surface area contributed by atoms with Crippen LogP contribution in [-0.4, -0.2) is 11.5 Å². The molecule has 1 atom stereocenters. The van der Waals surface area contributed by atoms with E-state index in [-0.39, 0.29) is 0 Å². The Hall–Kier alpha value is -0.750. The number of nitrogens with zero attached hydrogens (tertiary/aromatic N) is 1. The molecule has 100 valence electrons. The highest BCUT2D eigenvalue weighted by Gasteiger charge is 2.16. The third kappa shape index (κ3) is 3.05. The van der Waals surface area contributed by atoms with Crippen molar-refractivity contribution in [2.75, 3.05) is 6.54 Å². The summed E-state index contributed by atoms with van der Waals surface area (Å²) in [6.45, 7) is 3.27. The first-order valence-electron chi connectivity index (χ1n) is 6.45. The molecule has 0 aliphatic rings. The number of thiophene rings is 2. The third-order valence-corrected chi connectivity index (χ3v) is 6.01. The summed E-state index contributed by atoms with van der Waals surface area (Å²) in [6.07, 6.45) is 4.05. The van der Waals surface area contributed by atoms with E-state index in [0.29, 0.717) is 6.04 Å². The van der Waals surface area contributed by atoms with Crippen LogP contribution in [0, 0.1) is 0 Å². The van der Waals surface area contributed by atoms with Crippen LogP contribution in [0.5, 0.6) is 0 Å². The molecule has 0 radical (unpaired) electrons. The van der Waals surface area contributed by atoms with E-state index in [4.69, 9.17) is 0 Å². The lowest BCUT2D eigenvalue weighted by Gasteiger charge is -2.15. The monoisotopic (exact) mass is 308 g/mol.